The Bertz CT molecular complexity index is 5080. The topological polar surface area (TPSA) is 9.86 Å². The molecule has 2 nitrogen and oxygen atoms in total. The van der Waals surface area contributed by atoms with Gasteiger partial charge in [0.2, 0.25) is 0 Å². The molecule has 2 aliphatic carbocycles. The monoisotopic (exact) mass is 1020 g/mol. The number of hydrogen-bond acceptors (Lipinski definition) is 0. The number of aromatic nitrogens is 2. The normalized spacial score (nSPS) is 13.0. The molecule has 2 heteroatoms. The number of nitrogens with zero attached hydrogens (tertiary/aromatic N) is 2. The number of hydrogen-bond donors (Lipinski definition) is 0. The third-order valence-electron chi connectivity index (χ3n) is 18.3. The smallest absolute Gasteiger partial charge is 0.0731 e. The Kier molecular flexibility index (Phi) is 9.18. The Hall–Kier alpha value is -10.5. The van der Waals surface area contributed by atoms with Crippen LogP contribution in [0.2, 0.25) is 0 Å². The Morgan fingerprint density at radius 2 is 0.617 bits per heavy atom. The second-order valence-corrected chi connectivity index (χ2v) is 22.1. The molecule has 374 valence electrons. The van der Waals surface area contributed by atoms with Crippen molar-refractivity contribution in [2.75, 3.05) is 0 Å². The van der Waals surface area contributed by atoms with Crippen LogP contribution in [0.15, 0.2) is 291 Å². The molecule has 16 aromatic rings. The lowest BCUT2D eigenvalue weighted by Crippen LogP contribution is -2.26. The second-order valence-electron chi connectivity index (χ2n) is 22.1. The summed E-state index contributed by atoms with van der Waals surface area (Å²) in [6.45, 7) is 0. The standard InChI is InChI=1S/C79H48N2/c1-3-23-50(24-4-1)80-72-44-15-11-30-57(72)63-38-19-36-61(77(63)80)53-32-17-34-59-67(53)48-68-54(62-37-20-39-64-58-31-12-16-45-73(58)81(78(62)64)51-25-5-2-6-26-51)33-18-35-60(68)74(59)65-40-21-41-66-75-52-27-8-7-22-49(52)46-47-71(75)79(76(65)66)69-42-13-9-28-55(69)56-29-10-14-43-70(56)79/h1-48H. The van der Waals surface area contributed by atoms with Gasteiger partial charge in [0.1, 0.15) is 0 Å². The number of rotatable bonds is 5. The van der Waals surface area contributed by atoms with Crippen LogP contribution in [0.4, 0.5) is 0 Å². The van der Waals surface area contributed by atoms with Gasteiger partial charge >= 0.3 is 0 Å². The van der Waals surface area contributed by atoms with Crippen LogP contribution in [0.5, 0.6) is 0 Å². The van der Waals surface area contributed by atoms with Gasteiger partial charge < -0.3 is 9.13 Å². The van der Waals surface area contributed by atoms with E-state index < -0.39 is 5.41 Å². The Morgan fingerprint density at radius 1 is 0.222 bits per heavy atom. The fraction of sp³-hybridized carbons (Fsp3) is 0.0127. The van der Waals surface area contributed by atoms with Gasteiger partial charge in [0.25, 0.3) is 0 Å². The zero-order chi connectivity index (χ0) is 52.9. The molecule has 0 amide bonds. The van der Waals surface area contributed by atoms with Crippen molar-refractivity contribution in [1.82, 2.24) is 9.13 Å². The summed E-state index contributed by atoms with van der Waals surface area (Å²) in [4.78, 5) is 0. The van der Waals surface area contributed by atoms with Crippen molar-refractivity contribution in [3.8, 4) is 67.0 Å². The fourth-order valence-electron chi connectivity index (χ4n) is 15.3. The van der Waals surface area contributed by atoms with Gasteiger partial charge in [-0.05, 0) is 142 Å². The summed E-state index contributed by atoms with van der Waals surface area (Å²) in [6.07, 6.45) is 0. The van der Waals surface area contributed by atoms with Crippen LogP contribution in [-0.4, -0.2) is 9.13 Å². The van der Waals surface area contributed by atoms with Gasteiger partial charge in [-0.2, -0.15) is 0 Å². The first kappa shape index (κ1) is 44.4. The summed E-state index contributed by atoms with van der Waals surface area (Å²) in [6, 6.07) is 110. The van der Waals surface area contributed by atoms with Gasteiger partial charge in [-0.1, -0.05) is 249 Å². The van der Waals surface area contributed by atoms with Crippen molar-refractivity contribution in [2.24, 2.45) is 0 Å². The summed E-state index contributed by atoms with van der Waals surface area (Å²) in [5.74, 6) is 0. The van der Waals surface area contributed by atoms with E-state index in [0.29, 0.717) is 0 Å². The molecule has 0 saturated carbocycles. The average Bonchev–Trinajstić information content (AvgIpc) is 2.66. The van der Waals surface area contributed by atoms with E-state index in [1.807, 2.05) is 0 Å². The summed E-state index contributed by atoms with van der Waals surface area (Å²) >= 11 is 0. The molecular formula is C79H48N2. The number of fused-ring (bicyclic) bond motifs is 20. The maximum atomic E-state index is 2.54. The zero-order valence-electron chi connectivity index (χ0n) is 44.1. The summed E-state index contributed by atoms with van der Waals surface area (Å²) in [5.41, 5.74) is 24.3. The van der Waals surface area contributed by atoms with Crippen molar-refractivity contribution in [3.05, 3.63) is 313 Å². The van der Waals surface area contributed by atoms with Crippen molar-refractivity contribution < 1.29 is 0 Å². The molecule has 0 fully saturated rings. The fourth-order valence-corrected chi connectivity index (χ4v) is 15.3. The maximum absolute atomic E-state index is 2.54. The first-order valence-electron chi connectivity index (χ1n) is 28.3. The van der Waals surface area contributed by atoms with Crippen LogP contribution >= 0.6 is 0 Å². The highest BCUT2D eigenvalue weighted by molar-refractivity contribution is 6.24. The lowest BCUT2D eigenvalue weighted by atomic mass is 9.68. The molecule has 0 aliphatic heterocycles. The predicted molar refractivity (Wildman–Crippen MR) is 340 cm³/mol. The van der Waals surface area contributed by atoms with E-state index >= 15 is 0 Å². The lowest BCUT2D eigenvalue weighted by molar-refractivity contribution is 0.796. The molecule has 81 heavy (non-hydrogen) atoms. The van der Waals surface area contributed by atoms with Crippen LogP contribution in [0, 0.1) is 0 Å². The molecule has 2 heterocycles. The van der Waals surface area contributed by atoms with E-state index in [1.165, 1.54) is 154 Å². The molecule has 0 unspecified atom stereocenters. The Labute approximate surface area is 468 Å². The van der Waals surface area contributed by atoms with Gasteiger partial charge in [0.05, 0.1) is 27.5 Å². The molecule has 18 rings (SSSR count). The highest BCUT2D eigenvalue weighted by Gasteiger charge is 2.53. The molecule has 1 spiro atoms. The van der Waals surface area contributed by atoms with Gasteiger partial charge in [0.15, 0.2) is 0 Å². The molecule has 0 bridgehead atoms. The first-order chi connectivity index (χ1) is 40.3. The van der Waals surface area contributed by atoms with Gasteiger partial charge in [-0.3, -0.25) is 0 Å². The van der Waals surface area contributed by atoms with E-state index in [0.717, 1.165) is 11.4 Å². The minimum atomic E-state index is -0.605. The molecule has 2 aromatic heterocycles. The molecule has 2 aliphatic rings. The first-order valence-corrected chi connectivity index (χ1v) is 28.3. The molecule has 0 radical (unpaired) electrons. The van der Waals surface area contributed by atoms with Crippen LogP contribution in [0.25, 0.3) is 143 Å². The Morgan fingerprint density at radius 3 is 1.17 bits per heavy atom. The highest BCUT2D eigenvalue weighted by atomic mass is 15.0. The van der Waals surface area contributed by atoms with Crippen molar-refractivity contribution in [2.45, 2.75) is 5.41 Å². The number of benzene rings is 14. The minimum absolute atomic E-state index is 0.605. The van der Waals surface area contributed by atoms with Crippen molar-refractivity contribution >= 4 is 75.9 Å². The quantitative estimate of drug-likeness (QED) is 0.152. The zero-order valence-corrected chi connectivity index (χ0v) is 44.1. The molecule has 0 atom stereocenters. The van der Waals surface area contributed by atoms with E-state index in [4.69, 9.17) is 0 Å². The highest BCUT2D eigenvalue weighted by Crippen LogP contribution is 2.66. The van der Waals surface area contributed by atoms with Gasteiger partial charge in [-0.25, -0.2) is 0 Å². The lowest BCUT2D eigenvalue weighted by Gasteiger charge is -2.33. The largest absolute Gasteiger partial charge is 0.309 e. The average molecular weight is 1030 g/mol. The van der Waals surface area contributed by atoms with Gasteiger partial charge in [-0.15, -0.1) is 0 Å². The van der Waals surface area contributed by atoms with Gasteiger partial charge in [0, 0.05) is 44.0 Å². The summed E-state index contributed by atoms with van der Waals surface area (Å²) in [7, 11) is 0. The third kappa shape index (κ3) is 5.90. The maximum Gasteiger partial charge on any atom is 0.0731 e. The Balaban J connectivity index is 1.03. The summed E-state index contributed by atoms with van der Waals surface area (Å²) < 4.78 is 4.97. The van der Waals surface area contributed by atoms with E-state index in [1.54, 1.807) is 0 Å². The van der Waals surface area contributed by atoms with Crippen LogP contribution in [-0.2, 0) is 5.41 Å². The van der Waals surface area contributed by atoms with E-state index in [-0.39, 0.29) is 0 Å². The van der Waals surface area contributed by atoms with E-state index in [9.17, 15) is 0 Å². The summed E-state index contributed by atoms with van der Waals surface area (Å²) in [5, 5.41) is 12.3. The SMILES string of the molecule is c1ccc(-n2c3ccccc3c3cccc(-c4cccc5c(-c6cccc7c6C6(c8ccccc8-c8ccccc86)c6ccc8ccccc8c6-7)c6cccc(-c7cccc8c9ccccc9n(-c9ccccc9)c78)c6cc45)c32)cc1. The van der Waals surface area contributed by atoms with Crippen LogP contribution < -0.4 is 0 Å². The second kappa shape index (κ2) is 16.7. The van der Waals surface area contributed by atoms with E-state index in [2.05, 4.69) is 300 Å². The predicted octanol–water partition coefficient (Wildman–Crippen LogP) is 20.7. The molecule has 0 N–H and O–H groups in total. The minimum Gasteiger partial charge on any atom is -0.309 e. The van der Waals surface area contributed by atoms with Crippen molar-refractivity contribution in [3.63, 3.8) is 0 Å². The molecular weight excluding hydrogens is 977 g/mol. The van der Waals surface area contributed by atoms with Crippen LogP contribution in [0.3, 0.4) is 0 Å². The molecule has 14 aromatic carbocycles. The van der Waals surface area contributed by atoms with Crippen molar-refractivity contribution in [1.29, 1.82) is 0 Å². The van der Waals surface area contributed by atoms with Crippen LogP contribution in [0.1, 0.15) is 22.3 Å². The molecule has 0 saturated heterocycles. The third-order valence-corrected chi connectivity index (χ3v) is 18.3. The number of para-hydroxylation sites is 6.